The molecule has 21 heavy (non-hydrogen) atoms. The Morgan fingerprint density at radius 1 is 1.43 bits per heavy atom. The van der Waals surface area contributed by atoms with Crippen LogP contribution in [0.25, 0.3) is 0 Å². The Balaban J connectivity index is 1.99. The van der Waals surface area contributed by atoms with E-state index < -0.39 is 5.97 Å². The predicted octanol–water partition coefficient (Wildman–Crippen LogP) is 2.39. The summed E-state index contributed by atoms with van der Waals surface area (Å²) in [5.41, 5.74) is 3.31. The zero-order valence-corrected chi connectivity index (χ0v) is 13.1. The van der Waals surface area contributed by atoms with E-state index in [2.05, 4.69) is 22.9 Å². The summed E-state index contributed by atoms with van der Waals surface area (Å²) in [4.78, 5) is 17.6. The largest absolute Gasteiger partial charge is 0.481 e. The molecule has 5 heteroatoms. The van der Waals surface area contributed by atoms with Gasteiger partial charge in [0.15, 0.2) is 0 Å². The van der Waals surface area contributed by atoms with Crippen molar-refractivity contribution in [2.75, 3.05) is 20.2 Å². The van der Waals surface area contributed by atoms with Gasteiger partial charge in [0.05, 0.1) is 7.11 Å². The number of aliphatic carboxylic acids is 1. The second kappa shape index (κ2) is 6.89. The number of hydrogen-bond acceptors (Lipinski definition) is 4. The summed E-state index contributed by atoms with van der Waals surface area (Å²) in [6.07, 6.45) is 2.20. The van der Waals surface area contributed by atoms with Crippen molar-refractivity contribution in [1.82, 2.24) is 9.88 Å². The van der Waals surface area contributed by atoms with Gasteiger partial charge in [0, 0.05) is 24.2 Å². The van der Waals surface area contributed by atoms with Gasteiger partial charge in [0.1, 0.15) is 0 Å². The minimum Gasteiger partial charge on any atom is -0.481 e. The molecular weight excluding hydrogens is 268 g/mol. The molecule has 1 N–H and O–H groups in total. The highest BCUT2D eigenvalue weighted by molar-refractivity contribution is 5.67. The quantitative estimate of drug-likeness (QED) is 0.903. The number of hydrogen-bond donors (Lipinski definition) is 1. The molecule has 116 valence electrons. The third-order valence-corrected chi connectivity index (χ3v) is 4.18. The lowest BCUT2D eigenvalue weighted by Gasteiger charge is -2.31. The number of ether oxygens (including phenoxy) is 1. The van der Waals surface area contributed by atoms with E-state index in [1.807, 2.05) is 6.92 Å². The highest BCUT2D eigenvalue weighted by Gasteiger charge is 2.22. The Morgan fingerprint density at radius 2 is 2.10 bits per heavy atom. The Hall–Kier alpha value is -1.62. The number of carboxylic acid groups (broad SMARTS) is 1. The number of methoxy groups -OCH3 is 1. The molecule has 1 aliphatic heterocycles. The highest BCUT2D eigenvalue weighted by Crippen LogP contribution is 2.26. The molecule has 0 saturated carbocycles. The fourth-order valence-corrected chi connectivity index (χ4v) is 3.01. The van der Waals surface area contributed by atoms with Gasteiger partial charge in [-0.05, 0) is 57.3 Å². The van der Waals surface area contributed by atoms with Gasteiger partial charge < -0.3 is 9.84 Å². The fourth-order valence-electron chi connectivity index (χ4n) is 3.01. The number of piperidine rings is 1. The molecule has 1 aliphatic rings. The van der Waals surface area contributed by atoms with Crippen LogP contribution in [0.1, 0.15) is 36.1 Å². The van der Waals surface area contributed by atoms with Crippen molar-refractivity contribution in [2.24, 2.45) is 5.92 Å². The summed E-state index contributed by atoms with van der Waals surface area (Å²) in [6, 6.07) is 2.08. The third-order valence-electron chi connectivity index (χ3n) is 4.18. The van der Waals surface area contributed by atoms with Crippen molar-refractivity contribution >= 4 is 5.97 Å². The first-order valence-electron chi connectivity index (χ1n) is 7.45. The molecule has 5 nitrogen and oxygen atoms in total. The van der Waals surface area contributed by atoms with Crippen molar-refractivity contribution in [3.05, 3.63) is 22.9 Å². The summed E-state index contributed by atoms with van der Waals surface area (Å²) in [5, 5.41) is 8.86. The summed E-state index contributed by atoms with van der Waals surface area (Å²) < 4.78 is 5.41. The molecule has 0 spiro atoms. The zero-order valence-electron chi connectivity index (χ0n) is 13.1. The van der Waals surface area contributed by atoms with Crippen LogP contribution in [-0.2, 0) is 11.3 Å². The molecule has 0 unspecified atom stereocenters. The van der Waals surface area contributed by atoms with E-state index in [1.165, 1.54) is 5.56 Å². The zero-order chi connectivity index (χ0) is 15.4. The number of aromatic nitrogens is 1. The topological polar surface area (TPSA) is 62.7 Å². The molecule has 2 heterocycles. The van der Waals surface area contributed by atoms with Crippen molar-refractivity contribution in [1.29, 1.82) is 0 Å². The van der Waals surface area contributed by atoms with Crippen molar-refractivity contribution in [2.45, 2.75) is 39.7 Å². The van der Waals surface area contributed by atoms with Gasteiger partial charge in [-0.15, -0.1) is 0 Å². The standard InChI is InChI=1S/C16H24N2O3/c1-11-8-12(2)17-16(21-3)14(11)10-18-6-4-13(5-7-18)9-15(19)20/h8,13H,4-7,9-10H2,1-3H3,(H,19,20). The molecule has 2 rings (SSSR count). The van der Waals surface area contributed by atoms with Crippen LogP contribution in [0.2, 0.25) is 0 Å². The van der Waals surface area contributed by atoms with Gasteiger partial charge in [-0.2, -0.15) is 0 Å². The monoisotopic (exact) mass is 292 g/mol. The second-order valence-electron chi connectivity index (χ2n) is 5.89. The Kier molecular flexibility index (Phi) is 5.17. The number of carbonyl (C=O) groups is 1. The molecule has 0 amide bonds. The molecule has 0 atom stereocenters. The van der Waals surface area contributed by atoms with Crippen LogP contribution in [0.3, 0.4) is 0 Å². The van der Waals surface area contributed by atoms with Gasteiger partial charge in [-0.3, -0.25) is 9.69 Å². The van der Waals surface area contributed by atoms with Gasteiger partial charge in [0.2, 0.25) is 5.88 Å². The number of pyridine rings is 1. The first-order chi connectivity index (χ1) is 9.99. The van der Waals surface area contributed by atoms with E-state index in [4.69, 9.17) is 9.84 Å². The van der Waals surface area contributed by atoms with Crippen molar-refractivity contribution in [3.8, 4) is 5.88 Å². The maximum atomic E-state index is 10.8. The van der Waals surface area contributed by atoms with E-state index in [9.17, 15) is 4.79 Å². The maximum Gasteiger partial charge on any atom is 0.303 e. The summed E-state index contributed by atoms with van der Waals surface area (Å²) in [5.74, 6) is 0.340. The van der Waals surface area contributed by atoms with Crippen molar-refractivity contribution in [3.63, 3.8) is 0 Å². The molecule has 1 aromatic rings. The van der Waals surface area contributed by atoms with Crippen LogP contribution in [-0.4, -0.2) is 41.2 Å². The number of aryl methyl sites for hydroxylation is 2. The number of carboxylic acids is 1. The van der Waals surface area contributed by atoms with Gasteiger partial charge in [0.25, 0.3) is 0 Å². The van der Waals surface area contributed by atoms with E-state index in [-0.39, 0.29) is 0 Å². The maximum absolute atomic E-state index is 10.8. The minimum absolute atomic E-state index is 0.294. The van der Waals surface area contributed by atoms with Crippen LogP contribution < -0.4 is 4.74 Å². The molecule has 1 fully saturated rings. The third kappa shape index (κ3) is 4.17. The molecule has 0 aliphatic carbocycles. The number of rotatable bonds is 5. The van der Waals surface area contributed by atoms with E-state index in [0.717, 1.165) is 43.7 Å². The van der Waals surface area contributed by atoms with Crippen LogP contribution in [0, 0.1) is 19.8 Å². The Bertz CT molecular complexity index is 508. The molecule has 0 aromatic carbocycles. The van der Waals surface area contributed by atoms with Crippen LogP contribution in [0.4, 0.5) is 0 Å². The first-order valence-corrected chi connectivity index (χ1v) is 7.45. The number of likely N-dealkylation sites (tertiary alicyclic amines) is 1. The molecule has 1 saturated heterocycles. The minimum atomic E-state index is -0.686. The lowest BCUT2D eigenvalue weighted by molar-refractivity contribution is -0.138. The number of nitrogens with zero attached hydrogens (tertiary/aromatic N) is 2. The smallest absolute Gasteiger partial charge is 0.303 e. The Labute approximate surface area is 125 Å². The lowest BCUT2D eigenvalue weighted by Crippen LogP contribution is -2.34. The summed E-state index contributed by atoms with van der Waals surface area (Å²) in [6.45, 7) is 6.76. The van der Waals surface area contributed by atoms with Crippen LogP contribution >= 0.6 is 0 Å². The Morgan fingerprint density at radius 3 is 2.67 bits per heavy atom. The highest BCUT2D eigenvalue weighted by atomic mass is 16.5. The summed E-state index contributed by atoms with van der Waals surface area (Å²) in [7, 11) is 1.66. The average molecular weight is 292 g/mol. The second-order valence-corrected chi connectivity index (χ2v) is 5.89. The van der Waals surface area contributed by atoms with Crippen molar-refractivity contribution < 1.29 is 14.6 Å². The lowest BCUT2D eigenvalue weighted by atomic mass is 9.93. The van der Waals surface area contributed by atoms with Crippen LogP contribution in [0.15, 0.2) is 6.07 Å². The molecule has 1 aromatic heterocycles. The normalized spacial score (nSPS) is 16.9. The van der Waals surface area contributed by atoms with Crippen LogP contribution in [0.5, 0.6) is 5.88 Å². The van der Waals surface area contributed by atoms with Gasteiger partial charge in [-0.1, -0.05) is 0 Å². The molecule has 0 bridgehead atoms. The van der Waals surface area contributed by atoms with E-state index in [1.54, 1.807) is 7.11 Å². The molecular formula is C16H24N2O3. The van der Waals surface area contributed by atoms with E-state index >= 15 is 0 Å². The van der Waals surface area contributed by atoms with Gasteiger partial charge in [-0.25, -0.2) is 4.98 Å². The summed E-state index contributed by atoms with van der Waals surface area (Å²) >= 11 is 0. The van der Waals surface area contributed by atoms with Gasteiger partial charge >= 0.3 is 5.97 Å². The molecule has 0 radical (unpaired) electrons. The predicted molar refractivity (Wildman–Crippen MR) is 80.5 cm³/mol. The first kappa shape index (κ1) is 15.8. The fraction of sp³-hybridized carbons (Fsp3) is 0.625. The average Bonchev–Trinajstić information content (AvgIpc) is 2.42. The SMILES string of the molecule is COc1nc(C)cc(C)c1CN1CCC(CC(=O)O)CC1. The van der Waals surface area contributed by atoms with E-state index in [0.29, 0.717) is 18.2 Å².